The standard InChI is InChI=1S/C21H24N4O4/c22-13-5-8-24(21(10-13)6-7-21)11-12-1-2-14-15(9-12)20(29)25(19(14)28)16-3-4-17(26)23-18(16)27/h1-2,9,13,16H,3-8,10-11,22H2,(H,23,26,27). The minimum atomic E-state index is -0.929. The highest BCUT2D eigenvalue weighted by Crippen LogP contribution is 2.48. The van der Waals surface area contributed by atoms with Gasteiger partial charge < -0.3 is 5.73 Å². The van der Waals surface area contributed by atoms with Crippen LogP contribution >= 0.6 is 0 Å². The number of piperidine rings is 2. The van der Waals surface area contributed by atoms with Crippen molar-refractivity contribution in [3.8, 4) is 0 Å². The summed E-state index contributed by atoms with van der Waals surface area (Å²) in [5.41, 5.74) is 8.01. The third-order valence-corrected chi connectivity index (χ3v) is 6.79. The molecule has 0 bridgehead atoms. The first kappa shape index (κ1) is 18.4. The number of rotatable bonds is 3. The summed E-state index contributed by atoms with van der Waals surface area (Å²) in [5.74, 6) is -1.88. The highest BCUT2D eigenvalue weighted by atomic mass is 16.2. The first-order chi connectivity index (χ1) is 13.9. The maximum Gasteiger partial charge on any atom is 0.262 e. The third kappa shape index (κ3) is 2.98. The lowest BCUT2D eigenvalue weighted by Gasteiger charge is -2.39. The van der Waals surface area contributed by atoms with E-state index in [1.807, 2.05) is 6.07 Å². The molecule has 2 saturated heterocycles. The van der Waals surface area contributed by atoms with Crippen LogP contribution in [-0.2, 0) is 16.1 Å². The Kier molecular flexibility index (Phi) is 4.11. The first-order valence-electron chi connectivity index (χ1n) is 10.2. The van der Waals surface area contributed by atoms with Crippen molar-refractivity contribution in [1.82, 2.24) is 15.1 Å². The number of likely N-dealkylation sites (tertiary alicyclic amines) is 1. The van der Waals surface area contributed by atoms with Crippen LogP contribution in [0.1, 0.15) is 64.8 Å². The molecule has 4 aliphatic rings. The molecule has 4 amide bonds. The van der Waals surface area contributed by atoms with Gasteiger partial charge in [-0.15, -0.1) is 0 Å². The van der Waals surface area contributed by atoms with Crippen LogP contribution in [0.5, 0.6) is 0 Å². The van der Waals surface area contributed by atoms with Gasteiger partial charge >= 0.3 is 0 Å². The summed E-state index contributed by atoms with van der Waals surface area (Å²) >= 11 is 0. The van der Waals surface area contributed by atoms with Crippen LogP contribution in [0, 0.1) is 0 Å². The summed E-state index contributed by atoms with van der Waals surface area (Å²) < 4.78 is 0. The second-order valence-electron chi connectivity index (χ2n) is 8.73. The summed E-state index contributed by atoms with van der Waals surface area (Å²) in [6, 6.07) is 4.69. The molecule has 3 aliphatic heterocycles. The fraction of sp³-hybridized carbons (Fsp3) is 0.524. The van der Waals surface area contributed by atoms with E-state index in [-0.39, 0.29) is 30.3 Å². The molecule has 8 nitrogen and oxygen atoms in total. The van der Waals surface area contributed by atoms with Crippen molar-refractivity contribution in [2.45, 2.75) is 62.7 Å². The number of hydrogen-bond acceptors (Lipinski definition) is 6. The summed E-state index contributed by atoms with van der Waals surface area (Å²) in [5, 5.41) is 2.22. The first-order valence-corrected chi connectivity index (χ1v) is 10.2. The fourth-order valence-corrected chi connectivity index (χ4v) is 5.03. The van der Waals surface area contributed by atoms with E-state index in [9.17, 15) is 19.2 Å². The average Bonchev–Trinajstić information content (AvgIpc) is 3.40. The summed E-state index contributed by atoms with van der Waals surface area (Å²) in [6.07, 6.45) is 4.58. The van der Waals surface area contributed by atoms with Crippen molar-refractivity contribution in [3.63, 3.8) is 0 Å². The predicted molar refractivity (Wildman–Crippen MR) is 103 cm³/mol. The lowest BCUT2D eigenvalue weighted by Crippen LogP contribution is -2.54. The zero-order chi connectivity index (χ0) is 20.3. The zero-order valence-electron chi connectivity index (χ0n) is 16.1. The van der Waals surface area contributed by atoms with E-state index in [2.05, 4.69) is 10.2 Å². The fourth-order valence-electron chi connectivity index (χ4n) is 5.03. The second kappa shape index (κ2) is 6.47. The van der Waals surface area contributed by atoms with Gasteiger partial charge in [-0.1, -0.05) is 6.07 Å². The average molecular weight is 396 g/mol. The Labute approximate surface area is 168 Å². The van der Waals surface area contributed by atoms with Gasteiger partial charge in [0.25, 0.3) is 11.8 Å². The van der Waals surface area contributed by atoms with Gasteiger partial charge in [0.15, 0.2) is 0 Å². The molecule has 1 spiro atoms. The zero-order valence-corrected chi connectivity index (χ0v) is 16.1. The van der Waals surface area contributed by atoms with Crippen molar-refractivity contribution < 1.29 is 19.2 Å². The Morgan fingerprint density at radius 3 is 2.55 bits per heavy atom. The van der Waals surface area contributed by atoms with E-state index in [0.717, 1.165) is 49.2 Å². The molecule has 1 aliphatic carbocycles. The van der Waals surface area contributed by atoms with Gasteiger partial charge in [0.1, 0.15) is 6.04 Å². The summed E-state index contributed by atoms with van der Waals surface area (Å²) in [7, 11) is 0. The molecule has 3 fully saturated rings. The van der Waals surface area contributed by atoms with Gasteiger partial charge in [0, 0.05) is 31.1 Å². The molecule has 152 valence electrons. The molecule has 8 heteroatoms. The molecule has 1 saturated carbocycles. The van der Waals surface area contributed by atoms with Gasteiger partial charge in [-0.3, -0.25) is 34.3 Å². The molecule has 2 unspecified atom stereocenters. The Hall–Kier alpha value is -2.58. The molecule has 1 aromatic carbocycles. The number of amides is 4. The van der Waals surface area contributed by atoms with Crippen LogP contribution in [0.15, 0.2) is 18.2 Å². The lowest BCUT2D eigenvalue weighted by molar-refractivity contribution is -0.136. The Bertz CT molecular complexity index is 939. The highest BCUT2D eigenvalue weighted by Gasteiger charge is 2.50. The number of nitrogens with two attached hydrogens (primary N) is 1. The second-order valence-corrected chi connectivity index (χ2v) is 8.73. The smallest absolute Gasteiger partial charge is 0.262 e. The Balaban J connectivity index is 1.37. The minimum Gasteiger partial charge on any atom is -0.328 e. The van der Waals surface area contributed by atoms with E-state index >= 15 is 0 Å². The Morgan fingerprint density at radius 1 is 1.07 bits per heavy atom. The summed E-state index contributed by atoms with van der Waals surface area (Å²) in [6.45, 7) is 1.66. The number of carbonyl (C=O) groups is 4. The van der Waals surface area contributed by atoms with E-state index in [1.54, 1.807) is 12.1 Å². The molecule has 2 atom stereocenters. The highest BCUT2D eigenvalue weighted by molar-refractivity contribution is 6.23. The van der Waals surface area contributed by atoms with Crippen molar-refractivity contribution in [3.05, 3.63) is 34.9 Å². The monoisotopic (exact) mass is 396 g/mol. The molecule has 3 N–H and O–H groups in total. The van der Waals surface area contributed by atoms with Crippen molar-refractivity contribution >= 4 is 23.6 Å². The van der Waals surface area contributed by atoms with Crippen LogP contribution in [0.2, 0.25) is 0 Å². The molecular formula is C21H24N4O4. The molecular weight excluding hydrogens is 372 g/mol. The number of benzene rings is 1. The molecule has 3 heterocycles. The van der Waals surface area contributed by atoms with Crippen LogP contribution in [0.25, 0.3) is 0 Å². The largest absolute Gasteiger partial charge is 0.328 e. The third-order valence-electron chi connectivity index (χ3n) is 6.79. The van der Waals surface area contributed by atoms with Crippen LogP contribution in [-0.4, -0.2) is 57.6 Å². The topological polar surface area (TPSA) is 113 Å². The van der Waals surface area contributed by atoms with E-state index < -0.39 is 23.8 Å². The molecule has 1 aromatic rings. The normalized spacial score (nSPS) is 28.7. The number of nitrogens with zero attached hydrogens (tertiary/aromatic N) is 2. The number of hydrogen-bond donors (Lipinski definition) is 2. The van der Waals surface area contributed by atoms with Crippen molar-refractivity contribution in [2.24, 2.45) is 5.73 Å². The van der Waals surface area contributed by atoms with Gasteiger partial charge in [0.2, 0.25) is 11.8 Å². The lowest BCUT2D eigenvalue weighted by atomic mass is 9.94. The Morgan fingerprint density at radius 2 is 1.83 bits per heavy atom. The molecule has 0 radical (unpaired) electrons. The van der Waals surface area contributed by atoms with Gasteiger partial charge in [-0.2, -0.15) is 0 Å². The maximum atomic E-state index is 13.0. The quantitative estimate of drug-likeness (QED) is 0.722. The minimum absolute atomic E-state index is 0.119. The van der Waals surface area contributed by atoms with Crippen LogP contribution < -0.4 is 11.1 Å². The van der Waals surface area contributed by atoms with Crippen LogP contribution in [0.4, 0.5) is 0 Å². The van der Waals surface area contributed by atoms with E-state index in [0.29, 0.717) is 11.1 Å². The number of carbonyl (C=O) groups excluding carboxylic acids is 4. The van der Waals surface area contributed by atoms with Gasteiger partial charge in [-0.05, 0) is 49.8 Å². The SMILES string of the molecule is NC1CCN(Cc2ccc3c(c2)C(=O)N(C2CCC(=O)NC2=O)C3=O)C2(CC2)C1. The summed E-state index contributed by atoms with van der Waals surface area (Å²) in [4.78, 5) is 52.8. The molecule has 0 aromatic heterocycles. The van der Waals surface area contributed by atoms with Gasteiger partial charge in [-0.25, -0.2) is 0 Å². The van der Waals surface area contributed by atoms with Gasteiger partial charge in [0.05, 0.1) is 11.1 Å². The van der Waals surface area contributed by atoms with Crippen molar-refractivity contribution in [1.29, 1.82) is 0 Å². The molecule has 29 heavy (non-hydrogen) atoms. The van der Waals surface area contributed by atoms with E-state index in [4.69, 9.17) is 5.73 Å². The van der Waals surface area contributed by atoms with E-state index in [1.165, 1.54) is 0 Å². The van der Waals surface area contributed by atoms with Crippen molar-refractivity contribution in [2.75, 3.05) is 6.54 Å². The predicted octanol–water partition coefficient (Wildman–Crippen LogP) is 0.543. The van der Waals surface area contributed by atoms with Crippen LogP contribution in [0.3, 0.4) is 0 Å². The number of nitrogens with one attached hydrogen (secondary N) is 1. The number of imide groups is 2. The number of fused-ring (bicyclic) bond motifs is 1. The molecule has 5 rings (SSSR count). The maximum absolute atomic E-state index is 13.0.